The summed E-state index contributed by atoms with van der Waals surface area (Å²) in [6.45, 7) is -0.993. The van der Waals surface area contributed by atoms with Gasteiger partial charge in [0.15, 0.2) is 0 Å². The summed E-state index contributed by atoms with van der Waals surface area (Å²) in [6.07, 6.45) is 2.45. The molecular weight excluding hydrogens is 412 g/mol. The number of hydrogen-bond donors (Lipinski definition) is 0. The molecule has 1 aliphatic rings. The second-order valence-electron chi connectivity index (χ2n) is 6.68. The molecule has 8 nitrogen and oxygen atoms in total. The summed E-state index contributed by atoms with van der Waals surface area (Å²) in [4.78, 5) is 26.6. The molecule has 0 unspecified atom stereocenters. The number of methoxy groups -OCH3 is 1. The fraction of sp³-hybridized carbons (Fsp3) is 0.286. The van der Waals surface area contributed by atoms with Crippen LogP contribution in [0.25, 0.3) is 6.08 Å². The zero-order valence-corrected chi connectivity index (χ0v) is 16.7. The smallest absolute Gasteiger partial charge is 0.387 e. The van der Waals surface area contributed by atoms with E-state index in [1.807, 2.05) is 24.3 Å². The number of carbonyl (C=O) groups excluding carboxylic acids is 1. The van der Waals surface area contributed by atoms with E-state index in [2.05, 4.69) is 9.64 Å². The Morgan fingerprint density at radius 2 is 1.84 bits per heavy atom. The molecule has 31 heavy (non-hydrogen) atoms. The number of halogens is 2. The zero-order chi connectivity index (χ0) is 22.4. The van der Waals surface area contributed by atoms with Crippen LogP contribution in [-0.4, -0.2) is 55.6 Å². The van der Waals surface area contributed by atoms with Crippen LogP contribution >= 0.6 is 0 Å². The summed E-state index contributed by atoms with van der Waals surface area (Å²) >= 11 is 0. The molecule has 0 aromatic heterocycles. The molecule has 1 saturated heterocycles. The van der Waals surface area contributed by atoms with Gasteiger partial charge in [0.25, 0.3) is 5.69 Å². The Hall–Kier alpha value is -3.69. The van der Waals surface area contributed by atoms with Crippen molar-refractivity contribution >= 4 is 23.4 Å². The SMILES string of the molecule is COc1ccccc1N1CCN(C(=O)C=Cc2cc([N+](=O)[O-])ccc2OC(F)F)CC1. The van der Waals surface area contributed by atoms with Crippen LogP contribution in [0, 0.1) is 10.1 Å². The third kappa shape index (κ3) is 5.47. The predicted octanol–water partition coefficient (Wildman–Crippen LogP) is 3.57. The van der Waals surface area contributed by atoms with E-state index in [-0.39, 0.29) is 22.9 Å². The van der Waals surface area contributed by atoms with Gasteiger partial charge in [-0.25, -0.2) is 0 Å². The number of alkyl halides is 2. The highest BCUT2D eigenvalue weighted by molar-refractivity contribution is 5.92. The first kappa shape index (κ1) is 22.0. The zero-order valence-electron chi connectivity index (χ0n) is 16.7. The van der Waals surface area contributed by atoms with Gasteiger partial charge in [0.05, 0.1) is 17.7 Å². The summed E-state index contributed by atoms with van der Waals surface area (Å²) in [6, 6.07) is 10.8. The van der Waals surface area contributed by atoms with Crippen LogP contribution in [0.1, 0.15) is 5.56 Å². The third-order valence-corrected chi connectivity index (χ3v) is 4.84. The number of para-hydroxylation sites is 2. The van der Waals surface area contributed by atoms with E-state index in [0.717, 1.165) is 29.6 Å². The van der Waals surface area contributed by atoms with E-state index in [4.69, 9.17) is 4.74 Å². The van der Waals surface area contributed by atoms with Gasteiger partial charge in [-0.2, -0.15) is 8.78 Å². The lowest BCUT2D eigenvalue weighted by Crippen LogP contribution is -2.48. The van der Waals surface area contributed by atoms with Crippen molar-refractivity contribution in [2.45, 2.75) is 6.61 Å². The van der Waals surface area contributed by atoms with Crippen LogP contribution < -0.4 is 14.4 Å². The number of amides is 1. The lowest BCUT2D eigenvalue weighted by Gasteiger charge is -2.36. The quantitative estimate of drug-likeness (QED) is 0.377. The van der Waals surface area contributed by atoms with Crippen LogP contribution in [0.3, 0.4) is 0 Å². The van der Waals surface area contributed by atoms with Crippen LogP contribution in [-0.2, 0) is 4.79 Å². The van der Waals surface area contributed by atoms with Crippen molar-refractivity contribution in [3.05, 3.63) is 64.2 Å². The van der Waals surface area contributed by atoms with Crippen LogP contribution in [0.5, 0.6) is 11.5 Å². The number of non-ortho nitro benzene ring substituents is 1. The number of nitro benzene ring substituents is 1. The first-order valence-electron chi connectivity index (χ1n) is 9.47. The van der Waals surface area contributed by atoms with Crippen molar-refractivity contribution in [3.8, 4) is 11.5 Å². The van der Waals surface area contributed by atoms with Gasteiger partial charge in [0, 0.05) is 50.0 Å². The monoisotopic (exact) mass is 433 g/mol. The highest BCUT2D eigenvalue weighted by Crippen LogP contribution is 2.29. The first-order chi connectivity index (χ1) is 14.9. The van der Waals surface area contributed by atoms with E-state index in [1.54, 1.807) is 12.0 Å². The molecule has 0 saturated carbocycles. The van der Waals surface area contributed by atoms with E-state index in [1.165, 1.54) is 12.2 Å². The average Bonchev–Trinajstić information content (AvgIpc) is 2.77. The molecule has 3 rings (SSSR count). The number of ether oxygens (including phenoxy) is 2. The minimum atomic E-state index is -3.09. The molecule has 0 atom stereocenters. The summed E-state index contributed by atoms with van der Waals surface area (Å²) in [7, 11) is 1.60. The Morgan fingerprint density at radius 1 is 1.13 bits per heavy atom. The summed E-state index contributed by atoms with van der Waals surface area (Å²) in [5.41, 5.74) is 0.674. The molecule has 2 aromatic rings. The molecule has 1 amide bonds. The molecule has 164 valence electrons. The van der Waals surface area contributed by atoms with Gasteiger partial charge in [-0.05, 0) is 24.3 Å². The molecule has 1 aliphatic heterocycles. The number of carbonyl (C=O) groups is 1. The lowest BCUT2D eigenvalue weighted by molar-refractivity contribution is -0.384. The Morgan fingerprint density at radius 3 is 2.48 bits per heavy atom. The maximum Gasteiger partial charge on any atom is 0.387 e. The molecule has 10 heteroatoms. The molecule has 1 fully saturated rings. The second kappa shape index (κ2) is 9.88. The Labute approximate surface area is 177 Å². The fourth-order valence-corrected chi connectivity index (χ4v) is 3.31. The Kier molecular flexibility index (Phi) is 7.01. The average molecular weight is 433 g/mol. The number of anilines is 1. The number of benzene rings is 2. The lowest BCUT2D eigenvalue weighted by atomic mass is 10.1. The largest absolute Gasteiger partial charge is 0.495 e. The highest BCUT2D eigenvalue weighted by Gasteiger charge is 2.22. The third-order valence-electron chi connectivity index (χ3n) is 4.84. The van der Waals surface area contributed by atoms with Crippen molar-refractivity contribution < 1.29 is 28.0 Å². The normalized spacial score (nSPS) is 14.2. The standard InChI is InChI=1S/C21H21F2N3O5/c1-30-19-5-3-2-4-17(19)24-10-12-25(13-11-24)20(27)9-6-15-14-16(26(28)29)7-8-18(15)31-21(22)23/h2-9,14,21H,10-13H2,1H3. The molecule has 2 aromatic carbocycles. The van der Waals surface area contributed by atoms with E-state index in [0.29, 0.717) is 26.2 Å². The first-order valence-corrected chi connectivity index (χ1v) is 9.47. The number of hydrogen-bond acceptors (Lipinski definition) is 6. The minimum Gasteiger partial charge on any atom is -0.495 e. The summed E-state index contributed by atoms with van der Waals surface area (Å²) < 4.78 is 35.0. The van der Waals surface area contributed by atoms with Gasteiger partial charge < -0.3 is 19.3 Å². The van der Waals surface area contributed by atoms with Gasteiger partial charge in [-0.15, -0.1) is 0 Å². The molecule has 1 heterocycles. The van der Waals surface area contributed by atoms with Gasteiger partial charge in [-0.3, -0.25) is 14.9 Å². The van der Waals surface area contributed by atoms with E-state index >= 15 is 0 Å². The van der Waals surface area contributed by atoms with Crippen molar-refractivity contribution in [2.24, 2.45) is 0 Å². The summed E-state index contributed by atoms with van der Waals surface area (Å²) in [5.74, 6) is 0.180. The molecule has 0 bridgehead atoms. The summed E-state index contributed by atoms with van der Waals surface area (Å²) in [5, 5.41) is 11.0. The van der Waals surface area contributed by atoms with Gasteiger partial charge >= 0.3 is 6.61 Å². The van der Waals surface area contributed by atoms with Crippen molar-refractivity contribution in [3.63, 3.8) is 0 Å². The Balaban J connectivity index is 1.68. The van der Waals surface area contributed by atoms with Crippen LogP contribution in [0.2, 0.25) is 0 Å². The molecular formula is C21H21F2N3O5. The van der Waals surface area contributed by atoms with E-state index in [9.17, 15) is 23.7 Å². The topological polar surface area (TPSA) is 85.2 Å². The molecule has 0 N–H and O–H groups in total. The van der Waals surface area contributed by atoms with Crippen molar-refractivity contribution in [1.82, 2.24) is 4.90 Å². The molecule has 0 aliphatic carbocycles. The fourth-order valence-electron chi connectivity index (χ4n) is 3.31. The molecule has 0 radical (unpaired) electrons. The van der Waals surface area contributed by atoms with Gasteiger partial charge in [-0.1, -0.05) is 12.1 Å². The second-order valence-corrected chi connectivity index (χ2v) is 6.68. The van der Waals surface area contributed by atoms with Gasteiger partial charge in [0.1, 0.15) is 11.5 Å². The number of piperazine rings is 1. The van der Waals surface area contributed by atoms with Crippen LogP contribution in [0.15, 0.2) is 48.5 Å². The number of nitrogens with zero attached hydrogens (tertiary/aromatic N) is 3. The predicted molar refractivity (Wildman–Crippen MR) is 111 cm³/mol. The maximum absolute atomic E-state index is 12.6. The molecule has 0 spiro atoms. The van der Waals surface area contributed by atoms with Crippen molar-refractivity contribution in [1.29, 1.82) is 0 Å². The minimum absolute atomic E-state index is 0.0236. The van der Waals surface area contributed by atoms with Gasteiger partial charge in [0.2, 0.25) is 5.91 Å². The highest BCUT2D eigenvalue weighted by atomic mass is 19.3. The van der Waals surface area contributed by atoms with Crippen molar-refractivity contribution in [2.75, 3.05) is 38.2 Å². The maximum atomic E-state index is 12.6. The number of rotatable bonds is 7. The van der Waals surface area contributed by atoms with E-state index < -0.39 is 11.5 Å². The Bertz CT molecular complexity index is 975. The number of nitro groups is 1. The van der Waals surface area contributed by atoms with Crippen LogP contribution in [0.4, 0.5) is 20.2 Å².